The number of thiazole rings is 1. The van der Waals surface area contributed by atoms with Crippen LogP contribution in [0.4, 0.5) is 0 Å². The lowest BCUT2D eigenvalue weighted by molar-refractivity contribution is -0.156. The van der Waals surface area contributed by atoms with E-state index in [0.717, 1.165) is 102 Å². The Bertz CT molecular complexity index is 2910. The first-order chi connectivity index (χ1) is 37.4. The van der Waals surface area contributed by atoms with E-state index in [-0.39, 0.29) is 49.1 Å². The third-order valence-electron chi connectivity index (χ3n) is 17.1. The van der Waals surface area contributed by atoms with Crippen molar-refractivity contribution in [3.63, 3.8) is 0 Å². The van der Waals surface area contributed by atoms with Gasteiger partial charge in [0.15, 0.2) is 0 Å². The van der Waals surface area contributed by atoms with Crippen LogP contribution in [0.25, 0.3) is 33.4 Å². The van der Waals surface area contributed by atoms with Gasteiger partial charge < -0.3 is 38.3 Å². The Morgan fingerprint density at radius 1 is 1.01 bits per heavy atom. The highest BCUT2D eigenvalue weighted by Crippen LogP contribution is 2.53. The van der Waals surface area contributed by atoms with Gasteiger partial charge in [0, 0.05) is 115 Å². The van der Waals surface area contributed by atoms with Crippen molar-refractivity contribution in [3.05, 3.63) is 87.8 Å². The molecule has 5 aliphatic heterocycles. The van der Waals surface area contributed by atoms with Gasteiger partial charge in [0.25, 0.3) is 5.91 Å². The number of esters is 1. The first-order valence-corrected chi connectivity index (χ1v) is 29.0. The van der Waals surface area contributed by atoms with Crippen LogP contribution in [-0.4, -0.2) is 144 Å². The smallest absolute Gasteiger partial charge is 0.324 e. The number of benzene rings is 1. The van der Waals surface area contributed by atoms with Crippen molar-refractivity contribution in [1.82, 2.24) is 40.2 Å². The second kappa shape index (κ2) is 23.3. The zero-order valence-electron chi connectivity index (χ0n) is 45.5. The molecule has 1 aromatic carbocycles. The Kier molecular flexibility index (Phi) is 16.3. The summed E-state index contributed by atoms with van der Waals surface area (Å²) in [5.74, 6) is -1.25. The number of hydrogen-bond donors (Lipinski definition) is 2. The van der Waals surface area contributed by atoms with Crippen LogP contribution >= 0.6 is 11.3 Å². The molecule has 412 valence electrons. The number of methoxy groups -OCH3 is 1. The maximum Gasteiger partial charge on any atom is 0.324 e. The molecular formula is C59H76N8O9S. The van der Waals surface area contributed by atoms with Crippen LogP contribution in [0.15, 0.2) is 60.2 Å². The fraction of sp³-hybridized carbons (Fsp3) is 0.593. The molecule has 4 saturated heterocycles. The summed E-state index contributed by atoms with van der Waals surface area (Å²) < 4.78 is 39.7. The molecule has 18 heteroatoms. The topological polar surface area (TPSA) is 181 Å². The maximum absolute atomic E-state index is 15.0. The van der Waals surface area contributed by atoms with Crippen molar-refractivity contribution in [2.24, 2.45) is 17.3 Å². The number of carbonyl (C=O) groups excluding carboxylic acids is 3. The number of cyclic esters (lactones) is 1. The normalized spacial score (nSPS) is 27.6. The Hall–Kier alpha value is -5.18. The molecule has 1 saturated carbocycles. The van der Waals surface area contributed by atoms with Gasteiger partial charge in [-0.05, 0) is 119 Å². The number of nitrogens with zero attached hydrogens (tertiary/aromatic N) is 6. The predicted molar refractivity (Wildman–Crippen MR) is 292 cm³/mol. The molecule has 6 aliphatic rings. The maximum atomic E-state index is 15.0. The van der Waals surface area contributed by atoms with E-state index >= 15 is 4.79 Å². The average molecular weight is 1070 g/mol. The monoisotopic (exact) mass is 1070 g/mol. The van der Waals surface area contributed by atoms with E-state index in [1.54, 1.807) is 13.3 Å². The first kappa shape index (κ1) is 53.8. The third-order valence-corrected chi connectivity index (χ3v) is 18.0. The van der Waals surface area contributed by atoms with E-state index in [0.29, 0.717) is 69.1 Å². The van der Waals surface area contributed by atoms with Crippen molar-refractivity contribution in [2.75, 3.05) is 73.0 Å². The summed E-state index contributed by atoms with van der Waals surface area (Å²) >= 11 is 1.40. The molecule has 5 aromatic rings. The van der Waals surface area contributed by atoms with Crippen molar-refractivity contribution in [1.29, 1.82) is 0 Å². The summed E-state index contributed by atoms with van der Waals surface area (Å²) in [6.45, 7) is 16.9. The minimum Gasteiger partial charge on any atom is -0.464 e. The van der Waals surface area contributed by atoms with Crippen LogP contribution in [0.2, 0.25) is 0 Å². The number of fused-ring (bicyclic) bond motifs is 7. The van der Waals surface area contributed by atoms with Crippen LogP contribution in [-0.2, 0) is 55.8 Å². The number of morpholine rings is 1. The molecule has 9 atom stereocenters. The van der Waals surface area contributed by atoms with Gasteiger partial charge in [-0.15, -0.1) is 11.3 Å². The molecule has 0 unspecified atom stereocenters. The third kappa shape index (κ3) is 11.4. The van der Waals surface area contributed by atoms with Crippen molar-refractivity contribution in [2.45, 2.75) is 134 Å². The van der Waals surface area contributed by atoms with E-state index < -0.39 is 35.5 Å². The molecule has 77 heavy (non-hydrogen) atoms. The number of piperidine rings is 1. The second-order valence-corrected chi connectivity index (χ2v) is 23.7. The van der Waals surface area contributed by atoms with Gasteiger partial charge in [0.05, 0.1) is 55.7 Å². The van der Waals surface area contributed by atoms with Crippen LogP contribution < -0.4 is 10.7 Å². The molecule has 0 spiro atoms. The van der Waals surface area contributed by atoms with E-state index in [1.807, 2.05) is 37.4 Å². The number of pyridine rings is 2. The first-order valence-electron chi connectivity index (χ1n) is 28.1. The summed E-state index contributed by atoms with van der Waals surface area (Å²) in [6, 6.07) is 13.1. The number of hydrogen-bond acceptors (Lipinski definition) is 15. The van der Waals surface area contributed by atoms with E-state index in [1.165, 1.54) is 21.9 Å². The quantitative estimate of drug-likeness (QED) is 0.109. The number of carbonyl (C=O) groups is 3. The zero-order valence-corrected chi connectivity index (χ0v) is 46.4. The largest absolute Gasteiger partial charge is 0.464 e. The number of rotatable bonds is 13. The molecule has 0 radical (unpaired) electrons. The molecule has 9 heterocycles. The van der Waals surface area contributed by atoms with Crippen LogP contribution in [0.3, 0.4) is 0 Å². The number of aromatic nitrogens is 4. The van der Waals surface area contributed by atoms with Gasteiger partial charge in [-0.25, -0.2) is 10.4 Å². The fourth-order valence-corrected chi connectivity index (χ4v) is 13.6. The number of hydrazine groups is 1. The van der Waals surface area contributed by atoms with Crippen LogP contribution in [0.1, 0.15) is 125 Å². The summed E-state index contributed by atoms with van der Waals surface area (Å²) in [7, 11) is 1.74. The minimum atomic E-state index is -1.16. The van der Waals surface area contributed by atoms with Crippen molar-refractivity contribution < 1.29 is 42.8 Å². The van der Waals surface area contributed by atoms with Crippen LogP contribution in [0.5, 0.6) is 0 Å². The lowest BCUT2D eigenvalue weighted by Gasteiger charge is -2.42. The van der Waals surface area contributed by atoms with Gasteiger partial charge in [-0.2, -0.15) is 0 Å². The molecular weight excluding hydrogens is 997 g/mol. The van der Waals surface area contributed by atoms with Gasteiger partial charge >= 0.3 is 5.97 Å². The van der Waals surface area contributed by atoms with E-state index in [2.05, 4.69) is 76.4 Å². The highest BCUT2D eigenvalue weighted by molar-refractivity contribution is 7.10. The summed E-state index contributed by atoms with van der Waals surface area (Å²) in [5.41, 5.74) is 11.4. The second-order valence-electron chi connectivity index (χ2n) is 22.8. The summed E-state index contributed by atoms with van der Waals surface area (Å²) in [6.07, 6.45) is 7.98. The fourth-order valence-electron chi connectivity index (χ4n) is 12.7. The predicted octanol–water partition coefficient (Wildman–Crippen LogP) is 7.94. The average Bonchev–Trinajstić information content (AvgIpc) is 3.86. The molecule has 17 nitrogen and oxygen atoms in total. The van der Waals surface area contributed by atoms with Crippen molar-refractivity contribution in [3.8, 4) is 22.5 Å². The Labute approximate surface area is 456 Å². The number of amides is 2. The Morgan fingerprint density at radius 2 is 1.87 bits per heavy atom. The lowest BCUT2D eigenvalue weighted by atomic mass is 9.82. The molecule has 1 aliphatic carbocycles. The van der Waals surface area contributed by atoms with Crippen molar-refractivity contribution >= 4 is 40.0 Å². The highest BCUT2D eigenvalue weighted by atomic mass is 32.1. The molecule has 11 rings (SSSR count). The lowest BCUT2D eigenvalue weighted by Crippen LogP contribution is -2.61. The van der Waals surface area contributed by atoms with E-state index in [4.69, 9.17) is 38.4 Å². The standard InChI is InChI=1S/C59H76N8O9S/c1-7-74-54-52(63-55(68)50-35(2)49(50)45-11-8-9-18-60-45)57(69)67-19-10-12-46(64-67)58(70)76-34-59(4,5)30-44-42-28-38(47-33-77-56(54)62-47)13-14-48(42)66(22-26-75-41-16-23-72-24-17-41)53(44)43-29-39(31-61-51(43)36(3)71-6)37-15-20-65-21-25-73-32-40(65)27-37/h8-9,11,13-14,18,28-29,31,33,35-37,40-41,46,49-50,52,54,64H,7,10,12,15-17,19-27,30,32,34H2,1-6H3,(H,63,68)/t35-,36-,37+,40-,46-,49-,50+,52-,54-/m0/s1. The van der Waals surface area contributed by atoms with Gasteiger partial charge in [-0.3, -0.25) is 34.3 Å². The SMILES string of the molecule is CCO[C@@H]1c2nc(cs2)-c2ccc3c(c2)c(c(-c2cc([C@@H]4CCN5CCOC[C@@H]5C4)cnc2[C@H](C)OC)n3CCOC2CCOCC2)CC(C)(C)COC(=O)[C@@H]2CCCN(N2)C(=O)[C@H]1NC(=O)[C@@H]1[C@@H](C)[C@H]1c1ccccn1. The van der Waals surface area contributed by atoms with Gasteiger partial charge in [0.1, 0.15) is 23.2 Å². The Balaban J connectivity index is 1.04. The van der Waals surface area contributed by atoms with Crippen LogP contribution in [0, 0.1) is 17.3 Å². The summed E-state index contributed by atoms with van der Waals surface area (Å²) in [5, 5.41) is 8.24. The minimum absolute atomic E-state index is 0.0211. The molecule has 2 N–H and O–H groups in total. The number of ether oxygens (including phenoxy) is 6. The summed E-state index contributed by atoms with van der Waals surface area (Å²) in [4.78, 5) is 61.5. The molecule has 6 bridgehead atoms. The Morgan fingerprint density at radius 3 is 2.68 bits per heavy atom. The molecule has 4 aromatic heterocycles. The van der Waals surface area contributed by atoms with Gasteiger partial charge in [0.2, 0.25) is 5.91 Å². The zero-order chi connectivity index (χ0) is 53.4. The molecule has 5 fully saturated rings. The molecule has 2 amide bonds. The van der Waals surface area contributed by atoms with Gasteiger partial charge in [-0.1, -0.05) is 32.9 Å². The highest BCUT2D eigenvalue weighted by Gasteiger charge is 2.54. The van der Waals surface area contributed by atoms with E-state index in [9.17, 15) is 9.59 Å². The number of nitrogens with one attached hydrogen (secondary N) is 2.